The first kappa shape index (κ1) is 25.9. The van der Waals surface area contributed by atoms with E-state index in [9.17, 15) is 4.79 Å². The second-order valence-electron chi connectivity index (χ2n) is 7.64. The van der Waals surface area contributed by atoms with Crippen molar-refractivity contribution in [2.24, 2.45) is 10.7 Å². The average molecular weight is 536 g/mol. The van der Waals surface area contributed by atoms with Gasteiger partial charge in [-0.3, -0.25) is 0 Å². The molecule has 0 bridgehead atoms. The summed E-state index contributed by atoms with van der Waals surface area (Å²) in [6.07, 6.45) is -0.305. The molecule has 1 aliphatic rings. The summed E-state index contributed by atoms with van der Waals surface area (Å²) >= 11 is 0. The minimum absolute atomic E-state index is 0. The number of hydrogen-bond donors (Lipinski definition) is 1. The van der Waals surface area contributed by atoms with Crippen molar-refractivity contribution in [1.82, 2.24) is 9.80 Å². The molecule has 0 radical (unpaired) electrons. The van der Waals surface area contributed by atoms with E-state index in [-0.39, 0.29) is 30.1 Å². The molecule has 0 unspecified atom stereocenters. The van der Waals surface area contributed by atoms with Crippen LogP contribution in [-0.2, 0) is 11.3 Å². The maximum Gasteiger partial charge on any atom is 0.410 e. The van der Waals surface area contributed by atoms with Crippen molar-refractivity contribution < 1.29 is 23.7 Å². The molecule has 0 saturated carbocycles. The molecule has 170 valence electrons. The van der Waals surface area contributed by atoms with Gasteiger partial charge < -0.3 is 34.5 Å². The third kappa shape index (κ3) is 6.99. The summed E-state index contributed by atoms with van der Waals surface area (Å²) in [6, 6.07) is 3.56. The van der Waals surface area contributed by atoms with Gasteiger partial charge in [-0.1, -0.05) is 0 Å². The summed E-state index contributed by atoms with van der Waals surface area (Å²) in [5.74, 6) is 2.28. The van der Waals surface area contributed by atoms with Crippen molar-refractivity contribution in [3.05, 3.63) is 17.7 Å². The highest BCUT2D eigenvalue weighted by molar-refractivity contribution is 14.0. The Bertz CT molecular complexity index is 718. The number of ether oxygens (including phenoxy) is 4. The van der Waals surface area contributed by atoms with Crippen molar-refractivity contribution in [1.29, 1.82) is 0 Å². The summed E-state index contributed by atoms with van der Waals surface area (Å²) in [5.41, 5.74) is 6.47. The van der Waals surface area contributed by atoms with Crippen LogP contribution in [0, 0.1) is 0 Å². The number of nitrogens with zero attached hydrogens (tertiary/aromatic N) is 3. The highest BCUT2D eigenvalue weighted by Crippen LogP contribution is 2.34. The van der Waals surface area contributed by atoms with E-state index in [1.54, 1.807) is 38.4 Å². The first-order valence-corrected chi connectivity index (χ1v) is 9.50. The summed E-state index contributed by atoms with van der Waals surface area (Å²) in [6.45, 7) is 8.10. The molecule has 10 heteroatoms. The zero-order chi connectivity index (χ0) is 21.6. The minimum atomic E-state index is -0.509. The van der Waals surface area contributed by atoms with Gasteiger partial charge in [0.15, 0.2) is 5.96 Å². The van der Waals surface area contributed by atoms with Crippen LogP contribution in [0.4, 0.5) is 4.79 Å². The van der Waals surface area contributed by atoms with Crippen LogP contribution in [-0.4, -0.2) is 75.0 Å². The summed E-state index contributed by atoms with van der Waals surface area (Å²) in [4.78, 5) is 20.3. The van der Waals surface area contributed by atoms with E-state index in [0.717, 1.165) is 5.56 Å². The summed E-state index contributed by atoms with van der Waals surface area (Å²) in [5, 5.41) is 0. The van der Waals surface area contributed by atoms with Crippen LogP contribution in [0.3, 0.4) is 0 Å². The van der Waals surface area contributed by atoms with Gasteiger partial charge in [-0.25, -0.2) is 9.79 Å². The fraction of sp³-hybridized carbons (Fsp3) is 0.600. The van der Waals surface area contributed by atoms with Crippen molar-refractivity contribution in [2.75, 3.05) is 47.5 Å². The number of nitrogens with two attached hydrogens (primary N) is 1. The van der Waals surface area contributed by atoms with Crippen LogP contribution < -0.4 is 19.9 Å². The molecule has 1 amide bonds. The van der Waals surface area contributed by atoms with Crippen molar-refractivity contribution in [3.63, 3.8) is 0 Å². The Hall–Kier alpha value is -2.11. The van der Waals surface area contributed by atoms with E-state index >= 15 is 0 Å². The van der Waals surface area contributed by atoms with Crippen molar-refractivity contribution in [2.45, 2.75) is 32.9 Å². The predicted octanol–water partition coefficient (Wildman–Crippen LogP) is 2.70. The van der Waals surface area contributed by atoms with E-state index in [4.69, 9.17) is 24.7 Å². The number of hydrogen-bond acceptors (Lipinski definition) is 6. The lowest BCUT2D eigenvalue weighted by Gasteiger charge is -2.36. The van der Waals surface area contributed by atoms with Gasteiger partial charge in [-0.2, -0.15) is 0 Å². The van der Waals surface area contributed by atoms with E-state index < -0.39 is 5.60 Å². The predicted molar refractivity (Wildman–Crippen MR) is 126 cm³/mol. The molecular formula is C20H33IN4O5. The maximum absolute atomic E-state index is 12.2. The Morgan fingerprint density at radius 3 is 1.93 bits per heavy atom. The highest BCUT2D eigenvalue weighted by Gasteiger charge is 2.26. The normalized spacial score (nSPS) is 14.7. The molecule has 0 spiro atoms. The molecule has 1 aromatic carbocycles. The molecule has 2 rings (SSSR count). The lowest BCUT2D eigenvalue weighted by atomic mass is 10.1. The van der Waals surface area contributed by atoms with Gasteiger partial charge in [0.05, 0.1) is 33.4 Å². The number of halogens is 1. The van der Waals surface area contributed by atoms with E-state index in [1.807, 2.05) is 25.7 Å². The quantitative estimate of drug-likeness (QED) is 0.351. The van der Waals surface area contributed by atoms with Crippen molar-refractivity contribution in [3.8, 4) is 17.2 Å². The number of methoxy groups -OCH3 is 3. The monoisotopic (exact) mass is 536 g/mol. The van der Waals surface area contributed by atoms with Gasteiger partial charge in [0.2, 0.25) is 0 Å². The SMILES string of the molecule is COc1cc(OC)c(CN=C(N)N2CCN(C(=O)OC(C)(C)C)CC2)c(OC)c1.I. The molecule has 30 heavy (non-hydrogen) atoms. The van der Waals surface area contributed by atoms with Gasteiger partial charge in [-0.15, -0.1) is 24.0 Å². The Labute approximate surface area is 195 Å². The lowest BCUT2D eigenvalue weighted by Crippen LogP contribution is -2.53. The van der Waals surface area contributed by atoms with Crippen LogP contribution in [0.25, 0.3) is 0 Å². The second-order valence-corrected chi connectivity index (χ2v) is 7.64. The zero-order valence-corrected chi connectivity index (χ0v) is 20.9. The third-order valence-corrected chi connectivity index (χ3v) is 4.47. The van der Waals surface area contributed by atoms with Crippen LogP contribution >= 0.6 is 24.0 Å². The third-order valence-electron chi connectivity index (χ3n) is 4.47. The molecule has 0 aromatic heterocycles. The van der Waals surface area contributed by atoms with Crippen LogP contribution in [0.1, 0.15) is 26.3 Å². The molecule has 1 aliphatic heterocycles. The molecule has 0 atom stereocenters. The molecule has 1 heterocycles. The first-order valence-electron chi connectivity index (χ1n) is 9.50. The molecule has 1 fully saturated rings. The fourth-order valence-corrected chi connectivity index (χ4v) is 2.94. The Balaban J connectivity index is 0.00000450. The maximum atomic E-state index is 12.2. The van der Waals surface area contributed by atoms with Gasteiger partial charge in [-0.05, 0) is 20.8 Å². The largest absolute Gasteiger partial charge is 0.496 e. The summed E-state index contributed by atoms with van der Waals surface area (Å²) in [7, 11) is 4.75. The Morgan fingerprint density at radius 2 is 1.50 bits per heavy atom. The van der Waals surface area contributed by atoms with E-state index in [0.29, 0.717) is 55.9 Å². The van der Waals surface area contributed by atoms with Crippen LogP contribution in [0.15, 0.2) is 17.1 Å². The highest BCUT2D eigenvalue weighted by atomic mass is 127. The molecule has 1 aromatic rings. The first-order chi connectivity index (χ1) is 13.7. The van der Waals surface area contributed by atoms with Gasteiger partial charge in [0.1, 0.15) is 22.8 Å². The molecule has 9 nitrogen and oxygen atoms in total. The smallest absolute Gasteiger partial charge is 0.410 e. The second kappa shape index (κ2) is 11.3. The molecule has 1 saturated heterocycles. The number of rotatable bonds is 5. The fourth-order valence-electron chi connectivity index (χ4n) is 2.94. The Morgan fingerprint density at radius 1 is 1.00 bits per heavy atom. The molecule has 2 N–H and O–H groups in total. The average Bonchev–Trinajstić information content (AvgIpc) is 2.70. The standard InChI is InChI=1S/C20H32N4O5.HI/c1-20(2,3)29-19(25)24-9-7-23(8-10-24)18(21)22-13-15-16(27-5)11-14(26-4)12-17(15)28-6;/h11-12H,7-10,13H2,1-6H3,(H2,21,22);1H. The van der Waals surface area contributed by atoms with E-state index in [1.165, 1.54) is 0 Å². The minimum Gasteiger partial charge on any atom is -0.496 e. The van der Waals surface area contributed by atoms with Crippen molar-refractivity contribution >= 4 is 36.0 Å². The van der Waals surface area contributed by atoms with Gasteiger partial charge in [0, 0.05) is 38.3 Å². The van der Waals surface area contributed by atoms with E-state index in [2.05, 4.69) is 4.99 Å². The number of guanidine groups is 1. The number of piperazine rings is 1. The molecular weight excluding hydrogens is 503 g/mol. The topological polar surface area (TPSA) is 98.9 Å². The zero-order valence-electron chi connectivity index (χ0n) is 18.6. The van der Waals surface area contributed by atoms with Gasteiger partial charge >= 0.3 is 6.09 Å². The number of aliphatic imine (C=N–C) groups is 1. The van der Waals surface area contributed by atoms with Gasteiger partial charge in [0.25, 0.3) is 0 Å². The number of amides is 1. The summed E-state index contributed by atoms with van der Waals surface area (Å²) < 4.78 is 21.6. The molecule has 0 aliphatic carbocycles. The van der Waals surface area contributed by atoms with Crippen LogP contribution in [0.5, 0.6) is 17.2 Å². The number of carbonyl (C=O) groups is 1. The number of benzene rings is 1. The lowest BCUT2D eigenvalue weighted by molar-refractivity contribution is 0.0186. The van der Waals surface area contributed by atoms with Crippen LogP contribution in [0.2, 0.25) is 0 Å². The number of carbonyl (C=O) groups excluding carboxylic acids is 1. The Kier molecular flexibility index (Phi) is 9.79.